The third-order valence-corrected chi connectivity index (χ3v) is 6.54. The van der Waals surface area contributed by atoms with Crippen LogP contribution in [-0.2, 0) is 16.8 Å². The molecule has 1 spiro atoms. The molecule has 4 heterocycles. The van der Waals surface area contributed by atoms with E-state index in [9.17, 15) is 9.90 Å². The zero-order valence-electron chi connectivity index (χ0n) is 17.3. The zero-order valence-corrected chi connectivity index (χ0v) is 17.3. The second kappa shape index (κ2) is 7.11. The highest BCUT2D eigenvalue weighted by molar-refractivity contribution is 5.88. The molecule has 5 rings (SSSR count). The van der Waals surface area contributed by atoms with E-state index in [2.05, 4.69) is 20.9 Å². The van der Waals surface area contributed by atoms with E-state index in [-0.39, 0.29) is 24.0 Å². The third-order valence-electron chi connectivity index (χ3n) is 6.54. The first-order valence-electron chi connectivity index (χ1n) is 10.2. The summed E-state index contributed by atoms with van der Waals surface area (Å²) in [5, 5.41) is 11.5. The predicted molar refractivity (Wildman–Crippen MR) is 113 cm³/mol. The monoisotopic (exact) mass is 406 g/mol. The van der Waals surface area contributed by atoms with Crippen LogP contribution in [0, 0.1) is 0 Å². The molecule has 1 aromatic carbocycles. The molecule has 0 unspecified atom stereocenters. The Hall–Kier alpha value is -2.90. The fourth-order valence-electron chi connectivity index (χ4n) is 5.14. The number of nitrogens with zero attached hydrogens (tertiary/aromatic N) is 3. The predicted octanol–water partition coefficient (Wildman–Crippen LogP) is 2.22. The Morgan fingerprint density at radius 2 is 2.13 bits per heavy atom. The lowest BCUT2D eigenvalue weighted by Crippen LogP contribution is -2.67. The number of aliphatic hydroxyl groups excluding tert-OH is 1. The number of hydrogen-bond acceptors (Lipinski definition) is 5. The van der Waals surface area contributed by atoms with Gasteiger partial charge < -0.3 is 19.7 Å². The Bertz CT molecular complexity index is 1090. The van der Waals surface area contributed by atoms with Crippen molar-refractivity contribution in [3.05, 3.63) is 59.5 Å². The Kier molecular flexibility index (Phi) is 4.52. The quantitative estimate of drug-likeness (QED) is 0.694. The molecule has 2 aromatic heterocycles. The molecular formula is C23H26N4O3. The van der Waals surface area contributed by atoms with Crippen molar-refractivity contribution in [2.24, 2.45) is 0 Å². The number of methoxy groups -OCH3 is 1. The van der Waals surface area contributed by atoms with Gasteiger partial charge in [0.2, 0.25) is 5.91 Å². The highest BCUT2D eigenvalue weighted by Gasteiger charge is 2.53. The number of aromatic amines is 1. The number of hydrogen-bond donors (Lipinski definition) is 2. The van der Waals surface area contributed by atoms with Crippen molar-refractivity contribution in [2.75, 3.05) is 33.4 Å². The summed E-state index contributed by atoms with van der Waals surface area (Å²) in [6.45, 7) is 4.42. The van der Waals surface area contributed by atoms with Crippen LogP contribution in [-0.4, -0.2) is 64.1 Å². The Balaban J connectivity index is 1.62. The van der Waals surface area contributed by atoms with E-state index in [0.717, 1.165) is 34.6 Å². The minimum atomic E-state index is -0.158. The molecule has 1 amide bonds. The number of aromatic nitrogens is 2. The van der Waals surface area contributed by atoms with Crippen molar-refractivity contribution < 1.29 is 14.6 Å². The standard InChI is InChI=1S/C23H26N4O3/c1-15(29)27-13-23(14-27)12-26(10-16-5-3-4-8-24-16)20(11-28)22-21(23)18-7-6-17(30-2)9-19(18)25-22/h3-9,20,25,28H,10-14H2,1-2H3/t20-/m1/s1. The lowest BCUT2D eigenvalue weighted by atomic mass is 9.68. The van der Waals surface area contributed by atoms with Gasteiger partial charge in [-0.1, -0.05) is 6.07 Å². The summed E-state index contributed by atoms with van der Waals surface area (Å²) in [4.78, 5) is 24.2. The Morgan fingerprint density at radius 3 is 2.80 bits per heavy atom. The van der Waals surface area contributed by atoms with Crippen molar-refractivity contribution in [1.82, 2.24) is 19.8 Å². The van der Waals surface area contributed by atoms with Crippen LogP contribution in [0.1, 0.15) is 29.9 Å². The number of fused-ring (bicyclic) bond motifs is 4. The molecule has 156 valence electrons. The van der Waals surface area contributed by atoms with Gasteiger partial charge in [0, 0.05) is 67.4 Å². The first-order chi connectivity index (χ1) is 14.5. The lowest BCUT2D eigenvalue weighted by Gasteiger charge is -2.56. The van der Waals surface area contributed by atoms with Gasteiger partial charge in [-0.2, -0.15) is 0 Å². The molecule has 1 saturated heterocycles. The highest BCUT2D eigenvalue weighted by atomic mass is 16.5. The van der Waals surface area contributed by atoms with E-state index in [1.165, 1.54) is 5.56 Å². The van der Waals surface area contributed by atoms with Gasteiger partial charge in [-0.05, 0) is 29.8 Å². The maximum atomic E-state index is 12.0. The summed E-state index contributed by atoms with van der Waals surface area (Å²) >= 11 is 0. The van der Waals surface area contributed by atoms with Crippen LogP contribution in [0.5, 0.6) is 5.75 Å². The summed E-state index contributed by atoms with van der Waals surface area (Å²) in [6, 6.07) is 11.8. The average molecular weight is 406 g/mol. The number of rotatable bonds is 4. The number of benzene rings is 1. The summed E-state index contributed by atoms with van der Waals surface area (Å²) in [6.07, 6.45) is 1.80. The van der Waals surface area contributed by atoms with Crippen LogP contribution < -0.4 is 4.74 Å². The van der Waals surface area contributed by atoms with Crippen LogP contribution in [0.3, 0.4) is 0 Å². The normalized spacial score (nSPS) is 20.2. The van der Waals surface area contributed by atoms with Crippen LogP contribution in [0.25, 0.3) is 10.9 Å². The number of carbonyl (C=O) groups is 1. The molecule has 0 radical (unpaired) electrons. The largest absolute Gasteiger partial charge is 0.497 e. The molecule has 2 aliphatic rings. The molecule has 7 heteroatoms. The van der Waals surface area contributed by atoms with E-state index in [4.69, 9.17) is 4.74 Å². The minimum Gasteiger partial charge on any atom is -0.497 e. The summed E-state index contributed by atoms with van der Waals surface area (Å²) in [5.74, 6) is 0.893. The van der Waals surface area contributed by atoms with Crippen molar-refractivity contribution in [3.8, 4) is 5.75 Å². The van der Waals surface area contributed by atoms with Crippen LogP contribution in [0.15, 0.2) is 42.6 Å². The Labute approximate surface area is 175 Å². The number of likely N-dealkylation sites (tertiary alicyclic amines) is 1. The number of H-pyrrole nitrogens is 1. The average Bonchev–Trinajstić information content (AvgIpc) is 3.10. The molecule has 3 aromatic rings. The van der Waals surface area contributed by atoms with Gasteiger partial charge in [0.1, 0.15) is 5.75 Å². The molecule has 0 aliphatic carbocycles. The number of pyridine rings is 1. The number of ether oxygens (including phenoxy) is 1. The third kappa shape index (κ3) is 2.88. The highest BCUT2D eigenvalue weighted by Crippen LogP contribution is 2.48. The maximum Gasteiger partial charge on any atom is 0.219 e. The van der Waals surface area contributed by atoms with Gasteiger partial charge in [-0.3, -0.25) is 14.7 Å². The fourth-order valence-corrected chi connectivity index (χ4v) is 5.14. The molecule has 1 atom stereocenters. The summed E-state index contributed by atoms with van der Waals surface area (Å²) in [5.41, 5.74) is 4.07. The molecule has 0 saturated carbocycles. The SMILES string of the molecule is COc1ccc2c3c([nH]c2c1)[C@@H](CO)N(Cc1ccccn1)CC31CN(C(C)=O)C1. The van der Waals surface area contributed by atoms with E-state index < -0.39 is 0 Å². The molecular weight excluding hydrogens is 380 g/mol. The van der Waals surface area contributed by atoms with Crippen molar-refractivity contribution in [1.29, 1.82) is 0 Å². The summed E-state index contributed by atoms with van der Waals surface area (Å²) < 4.78 is 5.41. The van der Waals surface area contributed by atoms with Gasteiger partial charge in [-0.25, -0.2) is 0 Å². The Morgan fingerprint density at radius 1 is 1.30 bits per heavy atom. The molecule has 0 bridgehead atoms. The summed E-state index contributed by atoms with van der Waals surface area (Å²) in [7, 11) is 1.66. The molecule has 7 nitrogen and oxygen atoms in total. The minimum absolute atomic E-state index is 0.0102. The second-order valence-corrected chi connectivity index (χ2v) is 8.41. The second-order valence-electron chi connectivity index (χ2n) is 8.41. The van der Waals surface area contributed by atoms with E-state index in [0.29, 0.717) is 19.6 Å². The smallest absolute Gasteiger partial charge is 0.219 e. The number of aliphatic hydroxyl groups is 1. The number of carbonyl (C=O) groups excluding carboxylic acids is 1. The van der Waals surface area contributed by atoms with Crippen LogP contribution >= 0.6 is 0 Å². The number of amides is 1. The first-order valence-corrected chi connectivity index (χ1v) is 10.2. The van der Waals surface area contributed by atoms with Gasteiger partial charge in [-0.15, -0.1) is 0 Å². The van der Waals surface area contributed by atoms with E-state index in [1.807, 2.05) is 35.2 Å². The van der Waals surface area contributed by atoms with Crippen molar-refractivity contribution in [2.45, 2.75) is 24.9 Å². The molecule has 30 heavy (non-hydrogen) atoms. The van der Waals surface area contributed by atoms with Crippen LogP contribution in [0.4, 0.5) is 0 Å². The topological polar surface area (TPSA) is 81.7 Å². The van der Waals surface area contributed by atoms with Crippen LogP contribution in [0.2, 0.25) is 0 Å². The van der Waals surface area contributed by atoms with Crippen molar-refractivity contribution in [3.63, 3.8) is 0 Å². The van der Waals surface area contributed by atoms with Gasteiger partial charge in [0.05, 0.1) is 25.5 Å². The van der Waals surface area contributed by atoms with Gasteiger partial charge in [0.15, 0.2) is 0 Å². The van der Waals surface area contributed by atoms with Gasteiger partial charge in [0.25, 0.3) is 0 Å². The van der Waals surface area contributed by atoms with E-state index >= 15 is 0 Å². The maximum absolute atomic E-state index is 12.0. The first kappa shape index (κ1) is 19.1. The van der Waals surface area contributed by atoms with E-state index in [1.54, 1.807) is 20.2 Å². The number of nitrogens with one attached hydrogen (secondary N) is 1. The zero-order chi connectivity index (χ0) is 20.9. The molecule has 2 aliphatic heterocycles. The van der Waals surface area contributed by atoms with Gasteiger partial charge >= 0.3 is 0 Å². The molecule has 1 fully saturated rings. The molecule has 2 N–H and O–H groups in total. The van der Waals surface area contributed by atoms with Crippen molar-refractivity contribution >= 4 is 16.8 Å². The lowest BCUT2D eigenvalue weighted by molar-refractivity contribution is -0.138. The fraction of sp³-hybridized carbons (Fsp3) is 0.391.